The number of anilines is 1. The molecule has 0 bridgehead atoms. The molecule has 9 heteroatoms. The largest absolute Gasteiger partial charge is 0.454 e. The number of alkyl halides is 3. The molecule has 132 valence electrons. The van der Waals surface area contributed by atoms with E-state index >= 15 is 0 Å². The van der Waals surface area contributed by atoms with Gasteiger partial charge in [0.05, 0.1) is 24.0 Å². The highest BCUT2D eigenvalue weighted by molar-refractivity contribution is 5.89. The number of aromatic amines is 1. The molecule has 1 aromatic heterocycles. The number of fused-ring (bicyclic) bond motifs is 1. The van der Waals surface area contributed by atoms with Crippen molar-refractivity contribution in [1.82, 2.24) is 9.97 Å². The zero-order chi connectivity index (χ0) is 18.0. The third kappa shape index (κ3) is 3.98. The van der Waals surface area contributed by atoms with Crippen LogP contribution in [0.3, 0.4) is 0 Å². The summed E-state index contributed by atoms with van der Waals surface area (Å²) in [7, 11) is 0. The van der Waals surface area contributed by atoms with Gasteiger partial charge in [0.2, 0.25) is 5.82 Å². The average Bonchev–Trinajstić information content (AvgIpc) is 2.99. The number of imidazole rings is 1. The summed E-state index contributed by atoms with van der Waals surface area (Å²) >= 11 is 0. The van der Waals surface area contributed by atoms with Crippen LogP contribution in [0.15, 0.2) is 36.7 Å². The number of halogens is 5. The molecule has 0 amide bonds. The number of hydrogen-bond acceptors (Lipinski definition) is 3. The van der Waals surface area contributed by atoms with Gasteiger partial charge in [0.1, 0.15) is 11.3 Å². The van der Waals surface area contributed by atoms with Crippen LogP contribution in [0.2, 0.25) is 0 Å². The zero-order valence-electron chi connectivity index (χ0n) is 12.6. The SMILES string of the molecule is Fc1cccc(Oc2cc(NCCC(F)(F)F)c3nc[nH]c3c2)c1F. The van der Waals surface area contributed by atoms with Crippen molar-refractivity contribution < 1.29 is 26.7 Å². The van der Waals surface area contributed by atoms with E-state index in [2.05, 4.69) is 15.3 Å². The normalized spacial score (nSPS) is 11.7. The molecule has 0 spiro atoms. The van der Waals surface area contributed by atoms with Crippen molar-refractivity contribution in [3.05, 3.63) is 48.3 Å². The molecule has 25 heavy (non-hydrogen) atoms. The van der Waals surface area contributed by atoms with Crippen molar-refractivity contribution in [3.63, 3.8) is 0 Å². The van der Waals surface area contributed by atoms with Crippen molar-refractivity contribution in [3.8, 4) is 11.5 Å². The lowest BCUT2D eigenvalue weighted by molar-refractivity contribution is -0.131. The maximum absolute atomic E-state index is 13.7. The van der Waals surface area contributed by atoms with Crippen molar-refractivity contribution in [2.24, 2.45) is 0 Å². The lowest BCUT2D eigenvalue weighted by atomic mass is 10.2. The highest BCUT2D eigenvalue weighted by Crippen LogP contribution is 2.32. The number of nitrogens with zero attached hydrogens (tertiary/aromatic N) is 1. The van der Waals surface area contributed by atoms with Crippen LogP contribution < -0.4 is 10.1 Å². The van der Waals surface area contributed by atoms with Crippen LogP contribution in [0.1, 0.15) is 6.42 Å². The summed E-state index contributed by atoms with van der Waals surface area (Å²) in [6, 6.07) is 6.34. The molecule has 3 aromatic rings. The Bertz CT molecular complexity index is 891. The van der Waals surface area contributed by atoms with Gasteiger partial charge >= 0.3 is 6.18 Å². The molecule has 2 N–H and O–H groups in total. The van der Waals surface area contributed by atoms with Crippen LogP contribution in [0.5, 0.6) is 11.5 Å². The van der Waals surface area contributed by atoms with E-state index in [1.807, 2.05) is 0 Å². The Morgan fingerprint density at radius 1 is 1.16 bits per heavy atom. The minimum atomic E-state index is -4.30. The van der Waals surface area contributed by atoms with Gasteiger partial charge in [0.15, 0.2) is 11.6 Å². The van der Waals surface area contributed by atoms with E-state index in [0.29, 0.717) is 11.0 Å². The predicted octanol–water partition coefficient (Wildman–Crippen LogP) is 5.00. The van der Waals surface area contributed by atoms with E-state index in [9.17, 15) is 22.0 Å². The van der Waals surface area contributed by atoms with E-state index in [0.717, 1.165) is 6.07 Å². The summed E-state index contributed by atoms with van der Waals surface area (Å²) in [4.78, 5) is 6.82. The first kappa shape index (κ1) is 17.0. The quantitative estimate of drug-likeness (QED) is 0.632. The molecule has 3 rings (SSSR count). The molecular formula is C16H12F5N3O. The molecule has 0 aliphatic rings. The van der Waals surface area contributed by atoms with Gasteiger partial charge < -0.3 is 15.0 Å². The Kier molecular flexibility index (Phi) is 4.47. The van der Waals surface area contributed by atoms with E-state index < -0.39 is 24.2 Å². The van der Waals surface area contributed by atoms with Crippen molar-refractivity contribution >= 4 is 16.7 Å². The Morgan fingerprint density at radius 2 is 1.96 bits per heavy atom. The van der Waals surface area contributed by atoms with Crippen molar-refractivity contribution in [1.29, 1.82) is 0 Å². The molecule has 4 nitrogen and oxygen atoms in total. The topological polar surface area (TPSA) is 49.9 Å². The smallest absolute Gasteiger partial charge is 0.390 e. The van der Waals surface area contributed by atoms with Gasteiger partial charge in [0.25, 0.3) is 0 Å². The maximum atomic E-state index is 13.7. The molecule has 0 aliphatic carbocycles. The van der Waals surface area contributed by atoms with Gasteiger partial charge in [-0.3, -0.25) is 0 Å². The van der Waals surface area contributed by atoms with Gasteiger partial charge in [-0.05, 0) is 12.1 Å². The minimum Gasteiger partial charge on any atom is -0.454 e. The predicted molar refractivity (Wildman–Crippen MR) is 81.7 cm³/mol. The molecule has 1 heterocycles. The van der Waals surface area contributed by atoms with Crippen LogP contribution in [0, 0.1) is 11.6 Å². The first-order valence-electron chi connectivity index (χ1n) is 7.23. The lowest BCUT2D eigenvalue weighted by Gasteiger charge is -2.12. The third-order valence-corrected chi connectivity index (χ3v) is 3.37. The summed E-state index contributed by atoms with van der Waals surface area (Å²) in [5, 5.41) is 2.63. The molecule has 0 aliphatic heterocycles. The first-order chi connectivity index (χ1) is 11.8. The average molecular weight is 357 g/mol. The highest BCUT2D eigenvalue weighted by Gasteiger charge is 2.26. The monoisotopic (exact) mass is 357 g/mol. The fourth-order valence-electron chi connectivity index (χ4n) is 2.25. The number of ether oxygens (including phenoxy) is 1. The summed E-state index contributed by atoms with van der Waals surface area (Å²) in [6.07, 6.45) is -3.95. The number of nitrogens with one attached hydrogen (secondary N) is 2. The van der Waals surface area contributed by atoms with Crippen LogP contribution in [0.4, 0.5) is 27.6 Å². The summed E-state index contributed by atoms with van der Waals surface area (Å²) < 4.78 is 69.2. The van der Waals surface area contributed by atoms with E-state index in [4.69, 9.17) is 4.74 Å². The van der Waals surface area contributed by atoms with Crippen molar-refractivity contribution in [2.45, 2.75) is 12.6 Å². The van der Waals surface area contributed by atoms with Gasteiger partial charge in [0, 0.05) is 18.7 Å². The molecule has 0 unspecified atom stereocenters. The van der Waals surface area contributed by atoms with Gasteiger partial charge in [-0.2, -0.15) is 17.6 Å². The Hall–Kier alpha value is -2.84. The first-order valence-corrected chi connectivity index (χ1v) is 7.23. The molecular weight excluding hydrogens is 345 g/mol. The number of H-pyrrole nitrogens is 1. The molecule has 2 aromatic carbocycles. The van der Waals surface area contributed by atoms with E-state index in [1.165, 1.54) is 30.6 Å². The summed E-state index contributed by atoms with van der Waals surface area (Å²) in [6.45, 7) is -0.358. The Morgan fingerprint density at radius 3 is 2.72 bits per heavy atom. The van der Waals surface area contributed by atoms with E-state index in [-0.39, 0.29) is 23.7 Å². The molecule has 0 saturated heterocycles. The second kappa shape index (κ2) is 6.58. The fourth-order valence-corrected chi connectivity index (χ4v) is 2.25. The number of rotatable bonds is 5. The minimum absolute atomic E-state index is 0.121. The summed E-state index contributed by atoms with van der Waals surface area (Å²) in [5.41, 5.74) is 1.17. The Balaban J connectivity index is 1.87. The zero-order valence-corrected chi connectivity index (χ0v) is 12.6. The van der Waals surface area contributed by atoms with Crippen molar-refractivity contribution in [2.75, 3.05) is 11.9 Å². The Labute approximate surface area is 138 Å². The molecule has 0 saturated carbocycles. The lowest BCUT2D eigenvalue weighted by Crippen LogP contribution is -2.14. The second-order valence-electron chi connectivity index (χ2n) is 5.22. The molecule has 0 atom stereocenters. The highest BCUT2D eigenvalue weighted by atomic mass is 19.4. The number of hydrogen-bond donors (Lipinski definition) is 2. The van der Waals surface area contributed by atoms with Crippen LogP contribution in [-0.4, -0.2) is 22.7 Å². The molecule has 0 fully saturated rings. The van der Waals surface area contributed by atoms with Gasteiger partial charge in [-0.1, -0.05) is 6.07 Å². The van der Waals surface area contributed by atoms with E-state index in [1.54, 1.807) is 0 Å². The number of benzene rings is 2. The van der Waals surface area contributed by atoms with Crippen LogP contribution in [-0.2, 0) is 0 Å². The second-order valence-corrected chi connectivity index (χ2v) is 5.22. The number of aromatic nitrogens is 2. The van der Waals surface area contributed by atoms with Gasteiger partial charge in [-0.15, -0.1) is 0 Å². The van der Waals surface area contributed by atoms with Gasteiger partial charge in [-0.25, -0.2) is 9.37 Å². The maximum Gasteiger partial charge on any atom is 0.390 e. The standard InChI is InChI=1S/C16H12F5N3O/c17-10-2-1-3-13(14(10)18)25-9-6-11(22-5-4-16(19,20)21)15-12(7-9)23-8-24-15/h1-3,6-8,22H,4-5H2,(H,23,24). The van der Waals surface area contributed by atoms with Crippen LogP contribution in [0.25, 0.3) is 11.0 Å². The molecule has 0 radical (unpaired) electrons. The summed E-state index contributed by atoms with van der Waals surface area (Å²) in [5.74, 6) is -2.43. The fraction of sp³-hybridized carbons (Fsp3) is 0.188. The van der Waals surface area contributed by atoms with Crippen LogP contribution >= 0.6 is 0 Å². The third-order valence-electron chi connectivity index (χ3n) is 3.37.